The lowest BCUT2D eigenvalue weighted by Crippen LogP contribution is -2.63. The number of fused-ring (bicyclic) bond motifs is 4. The molecule has 1 spiro atoms. The van der Waals surface area contributed by atoms with Gasteiger partial charge in [0.15, 0.2) is 11.9 Å². The summed E-state index contributed by atoms with van der Waals surface area (Å²) in [6, 6.07) is 0. The van der Waals surface area contributed by atoms with Crippen molar-refractivity contribution < 1.29 is 39.4 Å². The summed E-state index contributed by atoms with van der Waals surface area (Å²) in [5.74, 6) is 0.301. The number of esters is 1. The lowest BCUT2D eigenvalue weighted by atomic mass is 9.40. The number of carbonyl (C=O) groups is 1. The maximum Gasteiger partial charge on any atom is 0.317 e. The molecule has 4 N–H and O–H groups in total. The van der Waals surface area contributed by atoms with E-state index in [1.165, 1.54) is 5.57 Å². The van der Waals surface area contributed by atoms with Crippen LogP contribution in [0.15, 0.2) is 35.5 Å². The zero-order valence-electron chi connectivity index (χ0n) is 26.9. The van der Waals surface area contributed by atoms with Crippen LogP contribution in [0.4, 0.5) is 0 Å². The molecule has 0 amide bonds. The van der Waals surface area contributed by atoms with Gasteiger partial charge in [0.2, 0.25) is 0 Å². The summed E-state index contributed by atoms with van der Waals surface area (Å²) in [5, 5.41) is 43.2. The van der Waals surface area contributed by atoms with Crippen LogP contribution >= 0.6 is 0 Å². The van der Waals surface area contributed by atoms with E-state index in [2.05, 4.69) is 33.8 Å². The smallest absolute Gasteiger partial charge is 0.317 e. The standard InChI is InChI=1S/C35H52O8/c1-20(2)9-8-14-33(7)35(40)18-17-32(6)22-10-11-24-30(3,4)25(42-28-27(38)26(37)23(36)19-41-28)13-15-31(24,5)21(22)12-16-34(32,35)29(39)43-33/h8-10,14,21,23-28,36-38,40H,11-13,15-19H2,1-7H3/b14-8+/t21?,23-,24?,25+,26+,27-,28+,31-,32+,33+,34?,35+/m1/s1. The molecule has 0 bridgehead atoms. The first-order valence-electron chi connectivity index (χ1n) is 16.3. The zero-order valence-corrected chi connectivity index (χ0v) is 26.9. The molecule has 2 aliphatic heterocycles. The molecule has 12 atom stereocenters. The molecule has 240 valence electrons. The van der Waals surface area contributed by atoms with Crippen molar-refractivity contribution >= 4 is 5.97 Å². The molecule has 8 heteroatoms. The molecule has 6 aliphatic rings. The van der Waals surface area contributed by atoms with Crippen LogP contribution in [-0.2, 0) is 19.0 Å². The second kappa shape index (κ2) is 9.97. The first-order valence-corrected chi connectivity index (χ1v) is 16.3. The highest BCUT2D eigenvalue weighted by Gasteiger charge is 2.82. The maximum absolute atomic E-state index is 14.0. The Labute approximate surface area is 256 Å². The number of carbonyl (C=O) groups excluding carboxylic acids is 1. The molecule has 2 heterocycles. The van der Waals surface area contributed by atoms with E-state index in [1.54, 1.807) is 0 Å². The van der Waals surface area contributed by atoms with Crippen molar-refractivity contribution in [2.45, 2.75) is 135 Å². The predicted octanol–water partition coefficient (Wildman–Crippen LogP) is 4.35. The molecule has 8 nitrogen and oxygen atoms in total. The highest BCUT2D eigenvalue weighted by Crippen LogP contribution is 2.77. The molecule has 4 aliphatic carbocycles. The van der Waals surface area contributed by atoms with E-state index in [0.717, 1.165) is 37.7 Å². The van der Waals surface area contributed by atoms with Crippen LogP contribution in [0.3, 0.4) is 0 Å². The quantitative estimate of drug-likeness (QED) is 0.213. The summed E-state index contributed by atoms with van der Waals surface area (Å²) < 4.78 is 18.2. The number of ether oxygens (including phenoxy) is 3. The fraction of sp³-hybridized carbons (Fsp3) is 0.800. The maximum atomic E-state index is 14.0. The van der Waals surface area contributed by atoms with E-state index < -0.39 is 46.6 Å². The Kier molecular flexibility index (Phi) is 7.29. The minimum atomic E-state index is -1.31. The van der Waals surface area contributed by atoms with Gasteiger partial charge in [-0.15, -0.1) is 0 Å². The molecule has 43 heavy (non-hydrogen) atoms. The van der Waals surface area contributed by atoms with Gasteiger partial charge in [-0.1, -0.05) is 57.1 Å². The van der Waals surface area contributed by atoms with Gasteiger partial charge >= 0.3 is 5.97 Å². The predicted molar refractivity (Wildman–Crippen MR) is 160 cm³/mol. The molecule has 2 saturated heterocycles. The van der Waals surface area contributed by atoms with E-state index >= 15 is 0 Å². The Morgan fingerprint density at radius 2 is 1.72 bits per heavy atom. The van der Waals surface area contributed by atoms with Gasteiger partial charge in [-0.05, 0) is 94.5 Å². The van der Waals surface area contributed by atoms with Crippen molar-refractivity contribution in [3.63, 3.8) is 0 Å². The van der Waals surface area contributed by atoms with Crippen LogP contribution in [0.2, 0.25) is 0 Å². The van der Waals surface area contributed by atoms with Crippen LogP contribution in [0.1, 0.15) is 93.4 Å². The van der Waals surface area contributed by atoms with Crippen molar-refractivity contribution in [2.75, 3.05) is 6.61 Å². The highest BCUT2D eigenvalue weighted by atomic mass is 16.7. The Bertz CT molecular complexity index is 1250. The van der Waals surface area contributed by atoms with E-state index in [1.807, 2.05) is 39.0 Å². The number of aliphatic hydroxyl groups is 4. The second-order valence-electron chi connectivity index (χ2n) is 16.0. The molecular weight excluding hydrogens is 548 g/mol. The number of aliphatic hydroxyl groups excluding tert-OH is 3. The van der Waals surface area contributed by atoms with E-state index in [4.69, 9.17) is 14.2 Å². The Morgan fingerprint density at radius 1 is 1.00 bits per heavy atom. The zero-order chi connectivity index (χ0) is 31.4. The molecular formula is C35H52O8. The van der Waals surface area contributed by atoms with Crippen LogP contribution in [-0.4, -0.2) is 74.9 Å². The molecule has 0 radical (unpaired) electrons. The van der Waals surface area contributed by atoms with Crippen LogP contribution in [0.5, 0.6) is 0 Å². The summed E-state index contributed by atoms with van der Waals surface area (Å²) in [4.78, 5) is 14.0. The Hall–Kier alpha value is -1.55. The van der Waals surface area contributed by atoms with Gasteiger partial charge in [0.25, 0.3) is 0 Å². The highest BCUT2D eigenvalue weighted by molar-refractivity contribution is 5.86. The first-order chi connectivity index (χ1) is 20.0. The van der Waals surface area contributed by atoms with Crippen LogP contribution in [0.25, 0.3) is 0 Å². The van der Waals surface area contributed by atoms with Gasteiger partial charge in [-0.2, -0.15) is 0 Å². The number of allylic oxidation sites excluding steroid dienone is 5. The molecule has 0 aromatic carbocycles. The van der Waals surface area contributed by atoms with Crippen molar-refractivity contribution in [1.29, 1.82) is 0 Å². The van der Waals surface area contributed by atoms with Gasteiger partial charge in [-0.25, -0.2) is 0 Å². The van der Waals surface area contributed by atoms with Crippen molar-refractivity contribution in [1.82, 2.24) is 0 Å². The van der Waals surface area contributed by atoms with Gasteiger partial charge in [0.05, 0.1) is 12.7 Å². The Balaban J connectivity index is 1.30. The van der Waals surface area contributed by atoms with Gasteiger partial charge in [0, 0.05) is 5.41 Å². The average Bonchev–Trinajstić information content (AvgIpc) is 3.28. The Morgan fingerprint density at radius 3 is 2.42 bits per heavy atom. The molecule has 0 aromatic heterocycles. The molecule has 0 aromatic rings. The molecule has 3 saturated carbocycles. The van der Waals surface area contributed by atoms with Crippen LogP contribution in [0, 0.1) is 33.5 Å². The number of cyclic esters (lactones) is 1. The third-order valence-electron chi connectivity index (χ3n) is 13.4. The summed E-state index contributed by atoms with van der Waals surface area (Å²) >= 11 is 0. The number of hydrogen-bond acceptors (Lipinski definition) is 8. The second-order valence-corrected chi connectivity index (χ2v) is 16.0. The fourth-order valence-electron chi connectivity index (χ4n) is 10.9. The number of hydrogen-bond donors (Lipinski definition) is 4. The molecule has 3 unspecified atom stereocenters. The lowest BCUT2D eigenvalue weighted by Gasteiger charge is -2.64. The van der Waals surface area contributed by atoms with Gasteiger partial charge in [0.1, 0.15) is 29.3 Å². The monoisotopic (exact) mass is 600 g/mol. The summed E-state index contributed by atoms with van der Waals surface area (Å²) in [6.07, 6.45) is 8.43. The van der Waals surface area contributed by atoms with Crippen molar-refractivity contribution in [3.05, 3.63) is 35.5 Å². The SMILES string of the molecule is CC(C)=C/C=C/[C@]1(C)OC(=O)C23CCC4C(=CCC5C(C)(C)[C@@H](O[C@@H]6OC[C@@H](O)[C@H](O)[C@H]6O)CC[C@]45C)[C@]2(C)CC[C@@]31O. The first kappa shape index (κ1) is 31.4. The third kappa shape index (κ3) is 3.99. The minimum Gasteiger partial charge on any atom is -0.451 e. The normalized spacial score (nSPS) is 52.0. The minimum absolute atomic E-state index is 0.0321. The van der Waals surface area contributed by atoms with E-state index in [-0.39, 0.29) is 41.3 Å². The topological polar surface area (TPSA) is 126 Å². The van der Waals surface area contributed by atoms with E-state index in [9.17, 15) is 25.2 Å². The van der Waals surface area contributed by atoms with E-state index in [0.29, 0.717) is 12.8 Å². The van der Waals surface area contributed by atoms with Gasteiger partial charge < -0.3 is 34.6 Å². The van der Waals surface area contributed by atoms with Crippen molar-refractivity contribution in [3.8, 4) is 0 Å². The number of rotatable bonds is 4. The molecule has 5 fully saturated rings. The lowest BCUT2D eigenvalue weighted by molar-refractivity contribution is -0.303. The van der Waals surface area contributed by atoms with Gasteiger partial charge in [-0.3, -0.25) is 4.79 Å². The average molecular weight is 601 g/mol. The fourth-order valence-corrected chi connectivity index (χ4v) is 10.9. The largest absolute Gasteiger partial charge is 0.451 e. The summed E-state index contributed by atoms with van der Waals surface area (Å²) in [5.41, 5.74) is -1.68. The summed E-state index contributed by atoms with van der Waals surface area (Å²) in [6.45, 7) is 14.9. The third-order valence-corrected chi connectivity index (χ3v) is 13.4. The van der Waals surface area contributed by atoms with Crippen LogP contribution < -0.4 is 0 Å². The van der Waals surface area contributed by atoms with Crippen molar-refractivity contribution in [2.24, 2.45) is 33.5 Å². The molecule has 6 rings (SSSR count). The summed E-state index contributed by atoms with van der Waals surface area (Å²) in [7, 11) is 0.